The zero-order chi connectivity index (χ0) is 20.9. The van der Waals surface area contributed by atoms with Crippen molar-refractivity contribution in [2.75, 3.05) is 37.6 Å². The highest BCUT2D eigenvalue weighted by atomic mass is 35.5. The third-order valence-corrected chi connectivity index (χ3v) is 8.45. The smallest absolute Gasteiger partial charge is 0.310 e. The molecule has 0 N–H and O–H groups in total. The normalized spacial score (nSPS) is 34.6. The topological polar surface area (TPSA) is 32.8 Å². The molecule has 1 saturated carbocycles. The minimum atomic E-state index is 0.0314. The van der Waals surface area contributed by atoms with Gasteiger partial charge in [-0.05, 0) is 68.7 Å². The van der Waals surface area contributed by atoms with Crippen LogP contribution in [0.15, 0.2) is 35.4 Å². The average molecular weight is 429 g/mol. The van der Waals surface area contributed by atoms with Crippen molar-refractivity contribution < 1.29 is 9.53 Å². The number of benzene rings is 1. The second-order valence-corrected chi connectivity index (χ2v) is 10.5. The molecule has 0 aromatic heterocycles. The summed E-state index contributed by atoms with van der Waals surface area (Å²) in [7, 11) is 0. The fourth-order valence-corrected chi connectivity index (χ4v) is 6.57. The number of anilines is 1. The number of allylic oxidation sites excluding steroid dienone is 2. The fraction of sp³-hybridized carbons (Fsp3) is 0.640. The molecule has 4 atom stereocenters. The van der Waals surface area contributed by atoms with Crippen LogP contribution in [0.5, 0.6) is 0 Å². The van der Waals surface area contributed by atoms with Gasteiger partial charge in [0.05, 0.1) is 5.92 Å². The van der Waals surface area contributed by atoms with E-state index in [9.17, 15) is 4.79 Å². The van der Waals surface area contributed by atoms with Gasteiger partial charge < -0.3 is 9.64 Å². The predicted molar refractivity (Wildman–Crippen MR) is 121 cm³/mol. The molecule has 30 heavy (non-hydrogen) atoms. The number of halogens is 1. The van der Waals surface area contributed by atoms with E-state index in [1.54, 1.807) is 11.1 Å². The largest absolute Gasteiger partial charge is 0.462 e. The van der Waals surface area contributed by atoms with Crippen molar-refractivity contribution in [2.45, 2.75) is 52.1 Å². The first-order valence-electron chi connectivity index (χ1n) is 11.6. The predicted octanol–water partition coefficient (Wildman–Crippen LogP) is 4.92. The fourth-order valence-electron chi connectivity index (χ4n) is 6.44. The summed E-state index contributed by atoms with van der Waals surface area (Å²) in [6, 6.07) is 8.10. The number of piperazine rings is 1. The van der Waals surface area contributed by atoms with Gasteiger partial charge in [-0.3, -0.25) is 9.69 Å². The van der Waals surface area contributed by atoms with E-state index >= 15 is 0 Å². The maximum absolute atomic E-state index is 12.8. The van der Waals surface area contributed by atoms with Gasteiger partial charge in [-0.2, -0.15) is 0 Å². The monoisotopic (exact) mass is 428 g/mol. The molecule has 162 valence electrons. The number of ether oxygens (including phenoxy) is 1. The number of rotatable bonds is 3. The molecule has 5 heteroatoms. The number of carbonyl (C=O) groups is 1. The van der Waals surface area contributed by atoms with Crippen LogP contribution in [0.2, 0.25) is 5.02 Å². The van der Waals surface area contributed by atoms with Crippen LogP contribution in [0.1, 0.15) is 46.0 Å². The van der Waals surface area contributed by atoms with Crippen molar-refractivity contribution in [3.63, 3.8) is 0 Å². The first-order chi connectivity index (χ1) is 14.4. The number of hydrogen-bond acceptors (Lipinski definition) is 4. The molecule has 0 amide bonds. The third-order valence-electron chi connectivity index (χ3n) is 8.20. The van der Waals surface area contributed by atoms with Gasteiger partial charge in [0.25, 0.3) is 0 Å². The van der Waals surface area contributed by atoms with E-state index in [-0.39, 0.29) is 23.4 Å². The Bertz CT molecular complexity index is 843. The van der Waals surface area contributed by atoms with Crippen molar-refractivity contribution in [1.82, 2.24) is 4.90 Å². The van der Waals surface area contributed by atoms with Gasteiger partial charge in [0.1, 0.15) is 6.10 Å². The van der Waals surface area contributed by atoms with Crippen LogP contribution >= 0.6 is 11.6 Å². The standard InChI is InChI=1S/C25H33ClN2O2/c1-17-4-3-9-25(2)15-23-20(14-22(17)25)21(24(29)30-23)16-27-10-12-28(13-11-27)19-7-5-18(26)6-8-19/h5-8,20-21,23H,3-4,9-16H2,1-2H3/t20-,21+,23-,25+/m1/s1. The molecule has 5 rings (SSSR count). The Morgan fingerprint density at radius 1 is 1.17 bits per heavy atom. The van der Waals surface area contributed by atoms with Crippen LogP contribution in [0.25, 0.3) is 0 Å². The van der Waals surface area contributed by atoms with Gasteiger partial charge in [0.2, 0.25) is 0 Å². The SMILES string of the molecule is CC1=C2C[C@@H]3[C@H](CN4CCN(c5ccc(Cl)cc5)CC4)C(=O)O[C@@H]3C[C@]2(C)CCC1. The van der Waals surface area contributed by atoms with Crippen molar-refractivity contribution in [3.05, 3.63) is 40.4 Å². The Labute approximate surface area is 185 Å². The molecule has 0 radical (unpaired) electrons. The summed E-state index contributed by atoms with van der Waals surface area (Å²) in [4.78, 5) is 17.7. The van der Waals surface area contributed by atoms with E-state index < -0.39 is 0 Å². The van der Waals surface area contributed by atoms with E-state index in [0.29, 0.717) is 5.92 Å². The minimum absolute atomic E-state index is 0.0314. The van der Waals surface area contributed by atoms with Crippen LogP contribution in [0.3, 0.4) is 0 Å². The van der Waals surface area contributed by atoms with Gasteiger partial charge in [-0.15, -0.1) is 0 Å². The minimum Gasteiger partial charge on any atom is -0.462 e. The molecule has 1 aromatic carbocycles. The molecular formula is C25H33ClN2O2. The number of esters is 1. The number of hydrogen-bond donors (Lipinski definition) is 0. The summed E-state index contributed by atoms with van der Waals surface area (Å²) in [5.41, 5.74) is 4.71. The number of nitrogens with zero attached hydrogens (tertiary/aromatic N) is 2. The molecule has 2 aliphatic carbocycles. The highest BCUT2D eigenvalue weighted by Crippen LogP contribution is 2.55. The number of carbonyl (C=O) groups excluding carboxylic acids is 1. The van der Waals surface area contributed by atoms with Gasteiger partial charge in [0, 0.05) is 49.4 Å². The number of fused-ring (bicyclic) bond motifs is 2. The highest BCUT2D eigenvalue weighted by molar-refractivity contribution is 6.30. The lowest BCUT2D eigenvalue weighted by atomic mass is 9.59. The Kier molecular flexibility index (Phi) is 5.35. The lowest BCUT2D eigenvalue weighted by molar-refractivity contribution is -0.145. The Hall–Kier alpha value is -1.52. The lowest BCUT2D eigenvalue weighted by Gasteiger charge is -2.46. The van der Waals surface area contributed by atoms with Crippen molar-refractivity contribution in [3.8, 4) is 0 Å². The summed E-state index contributed by atoms with van der Waals surface area (Å²) in [6.45, 7) is 9.51. The van der Waals surface area contributed by atoms with E-state index in [1.165, 1.54) is 24.9 Å². The maximum Gasteiger partial charge on any atom is 0.310 e. The Balaban J connectivity index is 1.24. The second kappa shape index (κ2) is 7.87. The zero-order valence-corrected chi connectivity index (χ0v) is 19.0. The van der Waals surface area contributed by atoms with Crippen molar-refractivity contribution in [1.29, 1.82) is 0 Å². The Morgan fingerprint density at radius 3 is 2.63 bits per heavy atom. The summed E-state index contributed by atoms with van der Waals surface area (Å²) < 4.78 is 5.96. The quantitative estimate of drug-likeness (QED) is 0.505. The molecule has 0 bridgehead atoms. The molecule has 2 heterocycles. The van der Waals surface area contributed by atoms with Crippen LogP contribution in [-0.4, -0.2) is 49.7 Å². The van der Waals surface area contributed by atoms with Gasteiger partial charge in [-0.25, -0.2) is 0 Å². The first kappa shape index (κ1) is 20.4. The molecule has 0 spiro atoms. The Morgan fingerprint density at radius 2 is 1.90 bits per heavy atom. The van der Waals surface area contributed by atoms with E-state index in [2.05, 4.69) is 35.8 Å². The van der Waals surface area contributed by atoms with Gasteiger partial charge >= 0.3 is 5.97 Å². The third kappa shape index (κ3) is 3.67. The average Bonchev–Trinajstić information content (AvgIpc) is 3.01. The van der Waals surface area contributed by atoms with Gasteiger partial charge in [-0.1, -0.05) is 29.7 Å². The first-order valence-corrected chi connectivity index (χ1v) is 11.9. The van der Waals surface area contributed by atoms with Crippen molar-refractivity contribution in [2.24, 2.45) is 17.3 Å². The second-order valence-electron chi connectivity index (χ2n) is 10.1. The van der Waals surface area contributed by atoms with E-state index in [1.807, 2.05) is 12.1 Å². The molecule has 3 fully saturated rings. The van der Waals surface area contributed by atoms with Crippen LogP contribution < -0.4 is 4.90 Å². The van der Waals surface area contributed by atoms with Crippen LogP contribution in [-0.2, 0) is 9.53 Å². The molecular weight excluding hydrogens is 396 g/mol. The van der Waals surface area contributed by atoms with Crippen molar-refractivity contribution >= 4 is 23.3 Å². The summed E-state index contributed by atoms with van der Waals surface area (Å²) in [5.74, 6) is 0.442. The van der Waals surface area contributed by atoms with E-state index in [4.69, 9.17) is 16.3 Å². The van der Waals surface area contributed by atoms with Crippen LogP contribution in [0.4, 0.5) is 5.69 Å². The zero-order valence-electron chi connectivity index (χ0n) is 18.2. The molecule has 2 saturated heterocycles. The summed E-state index contributed by atoms with van der Waals surface area (Å²) in [5, 5.41) is 0.776. The molecule has 4 aliphatic rings. The highest BCUT2D eigenvalue weighted by Gasteiger charge is 2.53. The van der Waals surface area contributed by atoms with E-state index in [0.717, 1.165) is 50.6 Å². The molecule has 2 aliphatic heterocycles. The summed E-state index contributed by atoms with van der Waals surface area (Å²) in [6.07, 6.45) is 5.97. The molecule has 0 unspecified atom stereocenters. The summed E-state index contributed by atoms with van der Waals surface area (Å²) >= 11 is 6.02. The molecule has 4 nitrogen and oxygen atoms in total. The van der Waals surface area contributed by atoms with Gasteiger partial charge in [0.15, 0.2) is 0 Å². The lowest BCUT2D eigenvalue weighted by Crippen LogP contribution is -2.49. The van der Waals surface area contributed by atoms with Crippen LogP contribution in [0, 0.1) is 17.3 Å². The molecule has 1 aromatic rings. The maximum atomic E-state index is 12.8.